The van der Waals surface area contributed by atoms with Gasteiger partial charge in [-0.2, -0.15) is 4.31 Å². The van der Waals surface area contributed by atoms with E-state index in [1.54, 1.807) is 12.1 Å². The summed E-state index contributed by atoms with van der Waals surface area (Å²) in [5.41, 5.74) is 11.2. The quantitative estimate of drug-likeness (QED) is 0.789. The van der Waals surface area contributed by atoms with E-state index in [9.17, 15) is 13.2 Å². The van der Waals surface area contributed by atoms with Crippen LogP contribution in [0.15, 0.2) is 35.2 Å². The Balaban J connectivity index is 2.54. The van der Waals surface area contributed by atoms with Gasteiger partial charge in [0, 0.05) is 23.7 Å². The molecule has 21 heavy (non-hydrogen) atoms. The number of hydrogen-bond acceptors (Lipinski definition) is 4. The Morgan fingerprint density at radius 3 is 2.76 bits per heavy atom. The first kappa shape index (κ1) is 16.0. The first-order valence-corrected chi connectivity index (χ1v) is 8.16. The van der Waals surface area contributed by atoms with Crippen molar-refractivity contribution < 1.29 is 13.2 Å². The largest absolute Gasteiger partial charge is 0.368 e. The maximum absolute atomic E-state index is 12.8. The standard InChI is InChI=1S/C13H16ClN3O3S/c14-10-4-3-6-12(9(10)8-15)21(19,20)17-7-2-1-5-11(17)13(16)18/h1,3-6,11H,2,7-8,15H2,(H2,16,18). The molecule has 0 aliphatic carbocycles. The van der Waals surface area contributed by atoms with Crippen LogP contribution in [0, 0.1) is 0 Å². The van der Waals surface area contributed by atoms with E-state index in [1.165, 1.54) is 18.2 Å². The minimum absolute atomic E-state index is 0.0130. The van der Waals surface area contributed by atoms with E-state index < -0.39 is 22.0 Å². The molecular formula is C13H16ClN3O3S. The Labute approximate surface area is 128 Å². The first-order valence-electron chi connectivity index (χ1n) is 6.35. The number of halogens is 1. The molecule has 0 saturated heterocycles. The van der Waals surface area contributed by atoms with Crippen molar-refractivity contribution in [3.63, 3.8) is 0 Å². The molecule has 0 fully saturated rings. The van der Waals surface area contributed by atoms with E-state index in [4.69, 9.17) is 23.1 Å². The van der Waals surface area contributed by atoms with Gasteiger partial charge in [-0.15, -0.1) is 0 Å². The third-order valence-corrected chi connectivity index (χ3v) is 5.62. The lowest BCUT2D eigenvalue weighted by Gasteiger charge is -2.30. The van der Waals surface area contributed by atoms with Crippen LogP contribution in [0.5, 0.6) is 0 Å². The van der Waals surface area contributed by atoms with Gasteiger partial charge in [0.1, 0.15) is 6.04 Å². The van der Waals surface area contributed by atoms with Crippen LogP contribution in [0.3, 0.4) is 0 Å². The molecule has 1 atom stereocenters. The van der Waals surface area contributed by atoms with Gasteiger partial charge >= 0.3 is 0 Å². The number of rotatable bonds is 4. The van der Waals surface area contributed by atoms with Gasteiger partial charge in [-0.1, -0.05) is 29.8 Å². The molecule has 4 N–H and O–H groups in total. The Morgan fingerprint density at radius 2 is 2.14 bits per heavy atom. The fraction of sp³-hybridized carbons (Fsp3) is 0.308. The Kier molecular flexibility index (Phi) is 4.67. The third kappa shape index (κ3) is 2.96. The van der Waals surface area contributed by atoms with Crippen molar-refractivity contribution in [2.75, 3.05) is 6.54 Å². The number of carbonyl (C=O) groups is 1. The number of benzene rings is 1. The fourth-order valence-corrected chi connectivity index (χ4v) is 4.41. The minimum Gasteiger partial charge on any atom is -0.368 e. The Morgan fingerprint density at radius 1 is 1.43 bits per heavy atom. The average molecular weight is 330 g/mol. The van der Waals surface area contributed by atoms with Crippen molar-refractivity contribution in [2.24, 2.45) is 11.5 Å². The van der Waals surface area contributed by atoms with Crippen LogP contribution in [0.2, 0.25) is 5.02 Å². The first-order chi connectivity index (χ1) is 9.89. The van der Waals surface area contributed by atoms with Crippen molar-refractivity contribution in [3.05, 3.63) is 40.9 Å². The van der Waals surface area contributed by atoms with Crippen LogP contribution >= 0.6 is 11.6 Å². The molecule has 114 valence electrons. The molecular weight excluding hydrogens is 314 g/mol. The van der Waals surface area contributed by atoms with E-state index in [-0.39, 0.29) is 23.0 Å². The van der Waals surface area contributed by atoms with Gasteiger partial charge in [0.15, 0.2) is 0 Å². The van der Waals surface area contributed by atoms with Crippen LogP contribution in [-0.2, 0) is 21.4 Å². The van der Waals surface area contributed by atoms with Crippen molar-refractivity contribution in [3.8, 4) is 0 Å². The molecule has 0 radical (unpaired) electrons. The summed E-state index contributed by atoms with van der Waals surface area (Å²) in [5, 5.41) is 0.279. The third-order valence-electron chi connectivity index (χ3n) is 3.30. The van der Waals surface area contributed by atoms with Crippen molar-refractivity contribution >= 4 is 27.5 Å². The lowest BCUT2D eigenvalue weighted by molar-refractivity contribution is -0.120. The van der Waals surface area contributed by atoms with Gasteiger partial charge in [0.25, 0.3) is 0 Å². The highest BCUT2D eigenvalue weighted by Crippen LogP contribution is 2.28. The summed E-state index contributed by atoms with van der Waals surface area (Å²) in [4.78, 5) is 11.5. The lowest BCUT2D eigenvalue weighted by atomic mass is 10.2. The molecule has 1 aromatic carbocycles. The van der Waals surface area contributed by atoms with Crippen LogP contribution in [0.25, 0.3) is 0 Å². The predicted octanol–water partition coefficient (Wildman–Crippen LogP) is 0.603. The molecule has 8 heteroatoms. The molecule has 1 amide bonds. The summed E-state index contributed by atoms with van der Waals surface area (Å²) in [5.74, 6) is -0.717. The summed E-state index contributed by atoms with van der Waals surface area (Å²) in [6.07, 6.45) is 3.75. The van der Waals surface area contributed by atoms with Gasteiger partial charge in [0.2, 0.25) is 15.9 Å². The average Bonchev–Trinajstić information content (AvgIpc) is 2.46. The normalized spacial score (nSPS) is 19.6. The minimum atomic E-state index is -3.90. The molecule has 1 unspecified atom stereocenters. The molecule has 0 aromatic heterocycles. The lowest BCUT2D eigenvalue weighted by Crippen LogP contribution is -2.48. The maximum atomic E-state index is 12.8. The summed E-state index contributed by atoms with van der Waals surface area (Å²) in [7, 11) is -3.90. The second kappa shape index (κ2) is 6.15. The number of hydrogen-bond donors (Lipinski definition) is 2. The zero-order valence-electron chi connectivity index (χ0n) is 11.2. The molecule has 2 rings (SSSR count). The molecule has 0 saturated carbocycles. The number of nitrogens with zero attached hydrogens (tertiary/aromatic N) is 1. The zero-order valence-corrected chi connectivity index (χ0v) is 12.8. The molecule has 0 bridgehead atoms. The van der Waals surface area contributed by atoms with Crippen LogP contribution in [0.4, 0.5) is 0 Å². The second-order valence-electron chi connectivity index (χ2n) is 4.60. The van der Waals surface area contributed by atoms with Crippen LogP contribution in [-0.4, -0.2) is 31.2 Å². The van der Waals surface area contributed by atoms with E-state index >= 15 is 0 Å². The highest BCUT2D eigenvalue weighted by atomic mass is 35.5. The number of carbonyl (C=O) groups excluding carboxylic acids is 1. The van der Waals surface area contributed by atoms with Gasteiger partial charge < -0.3 is 11.5 Å². The van der Waals surface area contributed by atoms with Crippen molar-refractivity contribution in [1.82, 2.24) is 4.31 Å². The smallest absolute Gasteiger partial charge is 0.244 e. The Hall–Kier alpha value is -1.41. The summed E-state index contributed by atoms with van der Waals surface area (Å²) >= 11 is 6.00. The summed E-state index contributed by atoms with van der Waals surface area (Å²) in [6.45, 7) is 0.169. The maximum Gasteiger partial charge on any atom is 0.244 e. The van der Waals surface area contributed by atoms with Crippen molar-refractivity contribution in [1.29, 1.82) is 0 Å². The van der Waals surface area contributed by atoms with E-state index in [2.05, 4.69) is 0 Å². The highest BCUT2D eigenvalue weighted by Gasteiger charge is 2.35. The molecule has 0 spiro atoms. The Bertz CT molecular complexity index is 688. The van der Waals surface area contributed by atoms with E-state index in [1.807, 2.05) is 0 Å². The highest BCUT2D eigenvalue weighted by molar-refractivity contribution is 7.89. The molecule has 6 nitrogen and oxygen atoms in total. The van der Waals surface area contributed by atoms with Crippen LogP contribution in [0.1, 0.15) is 12.0 Å². The van der Waals surface area contributed by atoms with Gasteiger partial charge in [0.05, 0.1) is 4.90 Å². The fourth-order valence-electron chi connectivity index (χ4n) is 2.27. The van der Waals surface area contributed by atoms with Gasteiger partial charge in [-0.3, -0.25) is 4.79 Å². The summed E-state index contributed by atoms with van der Waals surface area (Å²) in [6, 6.07) is 3.55. The molecule has 1 aromatic rings. The van der Waals surface area contributed by atoms with Crippen LogP contribution < -0.4 is 11.5 Å². The number of amides is 1. The summed E-state index contributed by atoms with van der Waals surface area (Å²) < 4.78 is 26.7. The predicted molar refractivity (Wildman–Crippen MR) is 80.0 cm³/mol. The molecule has 1 aliphatic rings. The van der Waals surface area contributed by atoms with Gasteiger partial charge in [-0.05, 0) is 18.6 Å². The van der Waals surface area contributed by atoms with Gasteiger partial charge in [-0.25, -0.2) is 8.42 Å². The molecule has 1 heterocycles. The van der Waals surface area contributed by atoms with E-state index in [0.29, 0.717) is 12.0 Å². The number of nitrogens with two attached hydrogens (primary N) is 2. The topological polar surface area (TPSA) is 106 Å². The second-order valence-corrected chi connectivity index (χ2v) is 6.87. The molecule has 1 aliphatic heterocycles. The number of primary amides is 1. The SMILES string of the molecule is NCc1c(Cl)cccc1S(=O)(=O)N1CCC=CC1C(N)=O. The monoisotopic (exact) mass is 329 g/mol. The van der Waals surface area contributed by atoms with E-state index in [0.717, 1.165) is 4.31 Å². The van der Waals surface area contributed by atoms with Crippen molar-refractivity contribution in [2.45, 2.75) is 23.9 Å². The number of sulfonamides is 1. The zero-order chi connectivity index (χ0) is 15.6.